The van der Waals surface area contributed by atoms with E-state index in [4.69, 9.17) is 0 Å². The van der Waals surface area contributed by atoms with Crippen molar-refractivity contribution in [2.24, 2.45) is 0 Å². The quantitative estimate of drug-likeness (QED) is 0.535. The molecule has 1 heteroatoms. The highest BCUT2D eigenvalue weighted by Gasteiger charge is 2.01. The van der Waals surface area contributed by atoms with Gasteiger partial charge in [-0.25, -0.2) is 0 Å². The first kappa shape index (κ1) is 7.14. The van der Waals surface area contributed by atoms with Crippen LogP contribution in [0.3, 0.4) is 0 Å². The van der Waals surface area contributed by atoms with Gasteiger partial charge in [0.25, 0.3) is 0 Å². The number of hydrogen-bond acceptors (Lipinski definition) is 0. The molecule has 0 nitrogen and oxygen atoms in total. The van der Waals surface area contributed by atoms with Gasteiger partial charge in [0, 0.05) is 0 Å². The second kappa shape index (κ2) is 3.26. The van der Waals surface area contributed by atoms with Gasteiger partial charge in [0.2, 0.25) is 0 Å². The number of rotatable bonds is 2. The van der Waals surface area contributed by atoms with E-state index in [1.54, 1.807) is 0 Å². The lowest BCUT2D eigenvalue weighted by molar-refractivity contribution is 1.75. The molecule has 1 aromatic rings. The Morgan fingerprint density at radius 1 is 1.30 bits per heavy atom. The third-order valence-corrected chi connectivity index (χ3v) is 1.68. The van der Waals surface area contributed by atoms with E-state index in [0.29, 0.717) is 6.71 Å². The fourth-order valence-electron chi connectivity index (χ4n) is 0.893. The maximum atomic E-state index is 3.74. The normalized spacial score (nSPS) is 8.90. The summed E-state index contributed by atoms with van der Waals surface area (Å²) >= 11 is 0. The van der Waals surface area contributed by atoms with E-state index in [-0.39, 0.29) is 0 Å². The number of benzene rings is 1. The van der Waals surface area contributed by atoms with Crippen LogP contribution in [0.1, 0.15) is 0 Å². The molecule has 10 heavy (non-hydrogen) atoms. The average molecular weight is 130 g/mol. The second-order valence-corrected chi connectivity index (χ2v) is 2.44. The van der Waals surface area contributed by atoms with Gasteiger partial charge in [-0.3, -0.25) is 0 Å². The van der Waals surface area contributed by atoms with Crippen molar-refractivity contribution in [2.45, 2.75) is 6.82 Å². The Balaban J connectivity index is 2.84. The van der Waals surface area contributed by atoms with Crippen LogP contribution in [0.15, 0.2) is 42.9 Å². The van der Waals surface area contributed by atoms with Crippen LogP contribution in [0.5, 0.6) is 0 Å². The summed E-state index contributed by atoms with van der Waals surface area (Å²) in [4.78, 5) is 0. The molecule has 0 amide bonds. The largest absolute Gasteiger partial charge is 0.197 e. The third-order valence-electron chi connectivity index (χ3n) is 1.68. The first-order chi connectivity index (χ1) is 4.84. The summed E-state index contributed by atoms with van der Waals surface area (Å²) < 4.78 is 0. The van der Waals surface area contributed by atoms with Crippen LogP contribution in [0.4, 0.5) is 0 Å². The molecule has 0 bridgehead atoms. The van der Waals surface area contributed by atoms with Crippen molar-refractivity contribution in [3.05, 3.63) is 42.9 Å². The Labute approximate surface area is 62.7 Å². The summed E-state index contributed by atoms with van der Waals surface area (Å²) in [5.74, 6) is 1.95. The van der Waals surface area contributed by atoms with Crippen molar-refractivity contribution in [2.75, 3.05) is 0 Å². The first-order valence-electron chi connectivity index (χ1n) is 3.52. The minimum atomic E-state index is 0.473. The first-order valence-corrected chi connectivity index (χ1v) is 3.52. The zero-order valence-electron chi connectivity index (χ0n) is 6.25. The Hall–Kier alpha value is -0.975. The molecule has 0 heterocycles. The summed E-state index contributed by atoms with van der Waals surface area (Å²) in [6.45, 7) is 6.35. The van der Waals surface area contributed by atoms with Crippen LogP contribution in [-0.2, 0) is 0 Å². The van der Waals surface area contributed by atoms with Crippen LogP contribution in [0.25, 0.3) is 0 Å². The highest BCUT2D eigenvalue weighted by molar-refractivity contribution is 6.76. The fourth-order valence-corrected chi connectivity index (χ4v) is 0.893. The average Bonchev–Trinajstić information content (AvgIpc) is 2.05. The summed E-state index contributed by atoms with van der Waals surface area (Å²) in [5.41, 5.74) is 1.33. The molecule has 0 fully saturated rings. The lowest BCUT2D eigenvalue weighted by atomic mass is 9.47. The van der Waals surface area contributed by atoms with Gasteiger partial charge in [-0.05, 0) is 0 Å². The van der Waals surface area contributed by atoms with Crippen molar-refractivity contribution in [1.82, 2.24) is 0 Å². The molecule has 0 spiro atoms. The summed E-state index contributed by atoms with van der Waals surface area (Å²) in [7, 11) is 0. The van der Waals surface area contributed by atoms with E-state index in [1.165, 1.54) is 5.46 Å². The lowest BCUT2D eigenvalue weighted by Gasteiger charge is -1.99. The maximum absolute atomic E-state index is 3.74. The topological polar surface area (TPSA) is 0 Å². The van der Waals surface area contributed by atoms with Crippen molar-refractivity contribution in [3.63, 3.8) is 0 Å². The van der Waals surface area contributed by atoms with E-state index in [2.05, 4.69) is 37.7 Å². The molecule has 0 aromatic heterocycles. The molecular formula is C9H11B. The zero-order valence-corrected chi connectivity index (χ0v) is 6.25. The molecule has 0 aliphatic rings. The second-order valence-electron chi connectivity index (χ2n) is 2.44. The monoisotopic (exact) mass is 130 g/mol. The highest BCUT2D eigenvalue weighted by Crippen LogP contribution is 1.87. The van der Waals surface area contributed by atoms with Crippen LogP contribution in [0, 0.1) is 0 Å². The van der Waals surface area contributed by atoms with Gasteiger partial charge in [0.05, 0.1) is 0 Å². The molecule has 0 atom stereocenters. The van der Waals surface area contributed by atoms with Crippen LogP contribution in [0.2, 0.25) is 6.82 Å². The Morgan fingerprint density at radius 2 is 1.90 bits per heavy atom. The minimum absolute atomic E-state index is 0.473. The summed E-state index contributed by atoms with van der Waals surface area (Å²) in [6, 6.07) is 10.4. The van der Waals surface area contributed by atoms with E-state index >= 15 is 0 Å². The van der Waals surface area contributed by atoms with Gasteiger partial charge >= 0.3 is 0 Å². The molecule has 50 valence electrons. The molecule has 1 aromatic carbocycles. The van der Waals surface area contributed by atoms with Crippen LogP contribution >= 0.6 is 0 Å². The molecule has 0 saturated carbocycles. The van der Waals surface area contributed by atoms with E-state index in [9.17, 15) is 0 Å². The molecule has 0 radical (unpaired) electrons. The van der Waals surface area contributed by atoms with Crippen molar-refractivity contribution >= 4 is 12.2 Å². The molecule has 0 aliphatic heterocycles. The molecule has 0 N–H and O–H groups in total. The maximum Gasteiger partial charge on any atom is 0.197 e. The predicted octanol–water partition coefficient (Wildman–Crippen LogP) is 1.74. The molecule has 0 unspecified atom stereocenters. The van der Waals surface area contributed by atoms with Gasteiger partial charge in [-0.2, -0.15) is 0 Å². The van der Waals surface area contributed by atoms with Crippen molar-refractivity contribution < 1.29 is 0 Å². The van der Waals surface area contributed by atoms with Crippen molar-refractivity contribution in [1.29, 1.82) is 0 Å². The number of hydrogen-bond donors (Lipinski definition) is 0. The van der Waals surface area contributed by atoms with Gasteiger partial charge in [-0.1, -0.05) is 42.6 Å². The van der Waals surface area contributed by atoms with Gasteiger partial charge < -0.3 is 0 Å². The van der Waals surface area contributed by atoms with Gasteiger partial charge in [0.1, 0.15) is 0 Å². The predicted molar refractivity (Wildman–Crippen MR) is 47.9 cm³/mol. The van der Waals surface area contributed by atoms with Crippen LogP contribution in [-0.4, -0.2) is 6.71 Å². The minimum Gasteiger partial charge on any atom is -0.117 e. The molecule has 1 rings (SSSR count). The molecule has 0 saturated heterocycles. The smallest absolute Gasteiger partial charge is 0.117 e. The third kappa shape index (κ3) is 1.50. The van der Waals surface area contributed by atoms with E-state index in [0.717, 1.165) is 0 Å². The summed E-state index contributed by atoms with van der Waals surface area (Å²) in [5, 5.41) is 0. The molecular weight excluding hydrogens is 119 g/mol. The van der Waals surface area contributed by atoms with Crippen LogP contribution < -0.4 is 5.46 Å². The van der Waals surface area contributed by atoms with E-state index < -0.39 is 0 Å². The fraction of sp³-hybridized carbons (Fsp3) is 0.111. The Kier molecular flexibility index (Phi) is 2.32. The summed E-state index contributed by atoms with van der Waals surface area (Å²) in [6.07, 6.45) is 0. The van der Waals surface area contributed by atoms with E-state index in [1.807, 2.05) is 12.0 Å². The highest BCUT2D eigenvalue weighted by atomic mass is 13.8. The zero-order chi connectivity index (χ0) is 7.40. The van der Waals surface area contributed by atoms with Gasteiger partial charge in [-0.15, -0.1) is 12.6 Å². The Morgan fingerprint density at radius 3 is 2.40 bits per heavy atom. The van der Waals surface area contributed by atoms with Gasteiger partial charge in [0.15, 0.2) is 6.71 Å². The SMILES string of the molecule is C=CB(C)c1ccccc1. The Bertz CT molecular complexity index is 203. The van der Waals surface area contributed by atoms with Crippen molar-refractivity contribution in [3.8, 4) is 0 Å². The standard InChI is InChI=1S/C9H11B/c1-3-10(2)9-7-5-4-6-8-9/h3-8H,1H2,2H3. The molecule has 0 aliphatic carbocycles. The lowest BCUT2D eigenvalue weighted by Crippen LogP contribution is -2.23.